The molecule has 2 aromatic carbocycles. The van der Waals surface area contributed by atoms with Crippen LogP contribution < -0.4 is 9.47 Å². The number of piperazine rings is 1. The fraction of sp³-hybridized carbons (Fsp3) is 0.308. The lowest BCUT2D eigenvalue weighted by atomic mass is 10.1. The Bertz CT molecular complexity index is 898. The van der Waals surface area contributed by atoms with Crippen LogP contribution in [0.25, 0.3) is 12.2 Å². The molecule has 32 heavy (non-hydrogen) atoms. The average molecular weight is 435 g/mol. The zero-order valence-corrected chi connectivity index (χ0v) is 19.0. The van der Waals surface area contributed by atoms with E-state index in [-0.39, 0.29) is 23.9 Å². The molecule has 2 atom stereocenters. The summed E-state index contributed by atoms with van der Waals surface area (Å²) in [5, 5.41) is 0. The molecule has 0 saturated carbocycles. The first-order valence-corrected chi connectivity index (χ1v) is 10.7. The van der Waals surface area contributed by atoms with E-state index in [1.807, 2.05) is 72.2 Å². The molecule has 0 aliphatic carbocycles. The van der Waals surface area contributed by atoms with E-state index in [1.54, 1.807) is 38.5 Å². The number of ether oxygens (including phenoxy) is 2. The quantitative estimate of drug-likeness (QED) is 0.648. The Labute approximate surface area is 189 Å². The lowest BCUT2D eigenvalue weighted by Gasteiger charge is -2.43. The highest BCUT2D eigenvalue weighted by Gasteiger charge is 2.32. The Morgan fingerprint density at radius 1 is 0.719 bits per heavy atom. The van der Waals surface area contributed by atoms with Crippen molar-refractivity contribution in [2.45, 2.75) is 25.9 Å². The van der Waals surface area contributed by atoms with E-state index in [1.165, 1.54) is 0 Å². The molecule has 0 spiro atoms. The SMILES string of the molecule is COc1ccc(/C=C\C(=O)N2C[C@H](C)N(C(=O)/C=C/c3ccc(OC)cc3)C[C@@H]2C)cc1. The van der Waals surface area contributed by atoms with Crippen molar-refractivity contribution in [3.05, 3.63) is 71.8 Å². The van der Waals surface area contributed by atoms with Crippen LogP contribution in [0.3, 0.4) is 0 Å². The number of nitrogens with zero attached hydrogens (tertiary/aromatic N) is 2. The van der Waals surface area contributed by atoms with Gasteiger partial charge in [-0.3, -0.25) is 9.59 Å². The van der Waals surface area contributed by atoms with E-state index in [2.05, 4.69) is 0 Å². The largest absolute Gasteiger partial charge is 0.497 e. The minimum atomic E-state index is -0.0717. The number of benzene rings is 2. The standard InChI is InChI=1S/C26H30N2O4/c1-19-17-28(26(30)16-10-22-7-13-24(32-4)14-8-22)20(2)18-27(19)25(29)15-9-21-5-11-23(31-3)12-6-21/h5-16,19-20H,17-18H2,1-4H3/b15-9-,16-10+/t19-,20-/m0/s1. The molecule has 0 N–H and O–H groups in total. The van der Waals surface area contributed by atoms with Crippen LogP contribution in [-0.4, -0.2) is 61.0 Å². The summed E-state index contributed by atoms with van der Waals surface area (Å²) in [5.74, 6) is 1.44. The third kappa shape index (κ3) is 5.78. The van der Waals surface area contributed by atoms with Crippen LogP contribution in [0.2, 0.25) is 0 Å². The first-order chi connectivity index (χ1) is 15.4. The first-order valence-electron chi connectivity index (χ1n) is 10.7. The van der Waals surface area contributed by atoms with Crippen LogP contribution in [0.5, 0.6) is 11.5 Å². The van der Waals surface area contributed by atoms with Crippen LogP contribution in [0.15, 0.2) is 60.7 Å². The van der Waals surface area contributed by atoms with E-state index in [0.29, 0.717) is 13.1 Å². The fourth-order valence-corrected chi connectivity index (χ4v) is 3.70. The minimum Gasteiger partial charge on any atom is -0.497 e. The van der Waals surface area contributed by atoms with Gasteiger partial charge < -0.3 is 19.3 Å². The van der Waals surface area contributed by atoms with Crippen LogP contribution >= 0.6 is 0 Å². The van der Waals surface area contributed by atoms with Gasteiger partial charge in [0.05, 0.1) is 14.2 Å². The van der Waals surface area contributed by atoms with Crippen molar-refractivity contribution < 1.29 is 19.1 Å². The molecule has 0 bridgehead atoms. The maximum atomic E-state index is 12.8. The van der Waals surface area contributed by atoms with Crippen molar-refractivity contribution in [2.24, 2.45) is 0 Å². The summed E-state index contributed by atoms with van der Waals surface area (Å²) in [5.41, 5.74) is 1.86. The van der Waals surface area contributed by atoms with Crippen molar-refractivity contribution in [3.63, 3.8) is 0 Å². The molecular weight excluding hydrogens is 404 g/mol. The predicted octanol–water partition coefficient (Wildman–Crippen LogP) is 3.88. The minimum absolute atomic E-state index is 0.0546. The summed E-state index contributed by atoms with van der Waals surface area (Å²) < 4.78 is 10.3. The zero-order chi connectivity index (χ0) is 23.1. The zero-order valence-electron chi connectivity index (χ0n) is 19.0. The molecular formula is C26H30N2O4. The molecule has 3 rings (SSSR count). The van der Waals surface area contributed by atoms with Gasteiger partial charge in [0, 0.05) is 37.3 Å². The summed E-state index contributed by atoms with van der Waals surface area (Å²) in [6, 6.07) is 14.9. The first kappa shape index (κ1) is 23.1. The topological polar surface area (TPSA) is 59.1 Å². The number of rotatable bonds is 6. The van der Waals surface area contributed by atoms with Crippen molar-refractivity contribution >= 4 is 24.0 Å². The van der Waals surface area contributed by atoms with Crippen molar-refractivity contribution in [3.8, 4) is 11.5 Å². The molecule has 2 amide bonds. The highest BCUT2D eigenvalue weighted by atomic mass is 16.5. The summed E-state index contributed by atoms with van der Waals surface area (Å²) in [6.07, 6.45) is 6.78. The van der Waals surface area contributed by atoms with Gasteiger partial charge in [0.2, 0.25) is 11.8 Å². The lowest BCUT2D eigenvalue weighted by molar-refractivity contribution is -0.139. The lowest BCUT2D eigenvalue weighted by Crippen LogP contribution is -2.59. The predicted molar refractivity (Wildman–Crippen MR) is 126 cm³/mol. The van der Waals surface area contributed by atoms with Gasteiger partial charge in [-0.15, -0.1) is 0 Å². The van der Waals surface area contributed by atoms with Gasteiger partial charge in [-0.25, -0.2) is 0 Å². The van der Waals surface area contributed by atoms with E-state index in [9.17, 15) is 9.59 Å². The number of methoxy groups -OCH3 is 2. The monoisotopic (exact) mass is 434 g/mol. The Morgan fingerprint density at radius 2 is 1.06 bits per heavy atom. The normalized spacial score (nSPS) is 18.9. The third-order valence-electron chi connectivity index (χ3n) is 5.62. The van der Waals surface area contributed by atoms with Gasteiger partial charge in [0.1, 0.15) is 11.5 Å². The summed E-state index contributed by atoms with van der Waals surface area (Å²) in [7, 11) is 3.24. The smallest absolute Gasteiger partial charge is 0.246 e. The van der Waals surface area contributed by atoms with E-state index >= 15 is 0 Å². The van der Waals surface area contributed by atoms with E-state index < -0.39 is 0 Å². The average Bonchev–Trinajstić information content (AvgIpc) is 2.82. The van der Waals surface area contributed by atoms with Gasteiger partial charge in [-0.1, -0.05) is 24.3 Å². The van der Waals surface area contributed by atoms with E-state index in [0.717, 1.165) is 22.6 Å². The number of carbonyl (C=O) groups excluding carboxylic acids is 2. The van der Waals surface area contributed by atoms with Crippen molar-refractivity contribution in [2.75, 3.05) is 27.3 Å². The summed E-state index contributed by atoms with van der Waals surface area (Å²) in [4.78, 5) is 29.2. The van der Waals surface area contributed by atoms with Crippen LogP contribution in [0.1, 0.15) is 25.0 Å². The second kappa shape index (κ2) is 10.7. The Morgan fingerprint density at radius 3 is 1.38 bits per heavy atom. The van der Waals surface area contributed by atoms with Crippen LogP contribution in [0, 0.1) is 0 Å². The summed E-state index contributed by atoms with van der Waals surface area (Å²) in [6.45, 7) is 4.93. The molecule has 0 aromatic heterocycles. The van der Waals surface area contributed by atoms with Crippen LogP contribution in [-0.2, 0) is 9.59 Å². The fourth-order valence-electron chi connectivity index (χ4n) is 3.70. The van der Waals surface area contributed by atoms with Gasteiger partial charge in [0.25, 0.3) is 0 Å². The van der Waals surface area contributed by atoms with Gasteiger partial charge in [-0.2, -0.15) is 0 Å². The number of carbonyl (C=O) groups is 2. The molecule has 1 fully saturated rings. The van der Waals surface area contributed by atoms with Crippen molar-refractivity contribution in [1.29, 1.82) is 0 Å². The van der Waals surface area contributed by atoms with E-state index in [4.69, 9.17) is 9.47 Å². The molecule has 6 nitrogen and oxygen atoms in total. The molecule has 1 aliphatic heterocycles. The molecule has 0 unspecified atom stereocenters. The Kier molecular flexibility index (Phi) is 7.71. The molecule has 1 aliphatic rings. The highest BCUT2D eigenvalue weighted by molar-refractivity contribution is 5.94. The Hall–Kier alpha value is -3.54. The Balaban J connectivity index is 1.59. The molecule has 1 heterocycles. The molecule has 168 valence electrons. The van der Waals surface area contributed by atoms with Gasteiger partial charge in [0.15, 0.2) is 0 Å². The maximum Gasteiger partial charge on any atom is 0.246 e. The third-order valence-corrected chi connectivity index (χ3v) is 5.62. The highest BCUT2D eigenvalue weighted by Crippen LogP contribution is 2.18. The molecule has 0 radical (unpaired) electrons. The molecule has 1 saturated heterocycles. The number of amides is 2. The summed E-state index contributed by atoms with van der Waals surface area (Å²) >= 11 is 0. The van der Waals surface area contributed by atoms with Gasteiger partial charge >= 0.3 is 0 Å². The maximum absolute atomic E-state index is 12.8. The van der Waals surface area contributed by atoms with Crippen molar-refractivity contribution in [1.82, 2.24) is 9.80 Å². The van der Waals surface area contributed by atoms with Crippen LogP contribution in [0.4, 0.5) is 0 Å². The van der Waals surface area contributed by atoms with Gasteiger partial charge in [-0.05, 0) is 61.4 Å². The molecule has 6 heteroatoms. The second-order valence-electron chi connectivity index (χ2n) is 7.89. The number of hydrogen-bond donors (Lipinski definition) is 0. The molecule has 2 aromatic rings. The number of hydrogen-bond acceptors (Lipinski definition) is 4. The second-order valence-corrected chi connectivity index (χ2v) is 7.89.